The fourth-order valence-corrected chi connectivity index (χ4v) is 1.53. The summed E-state index contributed by atoms with van der Waals surface area (Å²) in [5.74, 6) is 0.247. The molecule has 0 aliphatic carbocycles. The van der Waals surface area contributed by atoms with E-state index in [2.05, 4.69) is 10.4 Å². The number of aryl methyl sites for hydroxylation is 1. The maximum atomic E-state index is 11.8. The van der Waals surface area contributed by atoms with Gasteiger partial charge in [0, 0.05) is 19.3 Å². The Morgan fingerprint density at radius 3 is 2.75 bits per heavy atom. The van der Waals surface area contributed by atoms with Crippen molar-refractivity contribution in [3.05, 3.63) is 47.1 Å². The molecule has 0 atom stereocenters. The Morgan fingerprint density at radius 2 is 2.12 bits per heavy atom. The number of carbonyl (C=O) groups is 1. The molecule has 4 nitrogen and oxygen atoms in total. The number of nitrogens with zero attached hydrogens (tertiary/aromatic N) is 2. The van der Waals surface area contributed by atoms with Crippen LogP contribution >= 0.6 is 11.6 Å². The van der Waals surface area contributed by atoms with Crippen LogP contribution in [0.15, 0.2) is 36.5 Å². The summed E-state index contributed by atoms with van der Waals surface area (Å²) in [5, 5.41) is 7.14. The first-order valence-electron chi connectivity index (χ1n) is 4.72. The lowest BCUT2D eigenvalue weighted by Crippen LogP contribution is -2.12. The van der Waals surface area contributed by atoms with Crippen molar-refractivity contribution < 1.29 is 4.79 Å². The van der Waals surface area contributed by atoms with E-state index in [1.54, 1.807) is 48.3 Å². The molecule has 1 heterocycles. The van der Waals surface area contributed by atoms with Gasteiger partial charge in [-0.2, -0.15) is 5.10 Å². The fourth-order valence-electron chi connectivity index (χ4n) is 1.31. The number of anilines is 1. The van der Waals surface area contributed by atoms with Gasteiger partial charge in [-0.05, 0) is 12.1 Å². The van der Waals surface area contributed by atoms with Crippen molar-refractivity contribution in [1.29, 1.82) is 0 Å². The van der Waals surface area contributed by atoms with E-state index in [-0.39, 0.29) is 5.91 Å². The van der Waals surface area contributed by atoms with Crippen molar-refractivity contribution in [3.63, 3.8) is 0 Å². The highest BCUT2D eigenvalue weighted by molar-refractivity contribution is 6.34. The van der Waals surface area contributed by atoms with Crippen molar-refractivity contribution in [2.24, 2.45) is 7.05 Å². The van der Waals surface area contributed by atoms with Crippen molar-refractivity contribution in [1.82, 2.24) is 9.78 Å². The Morgan fingerprint density at radius 1 is 1.38 bits per heavy atom. The first kappa shape index (κ1) is 10.7. The number of carbonyl (C=O) groups excluding carboxylic acids is 1. The Labute approximate surface area is 97.8 Å². The Hall–Kier alpha value is -1.81. The van der Waals surface area contributed by atoms with Crippen LogP contribution in [0.1, 0.15) is 10.4 Å². The smallest absolute Gasteiger partial charge is 0.258 e. The number of aromatic nitrogens is 2. The van der Waals surface area contributed by atoms with Crippen LogP contribution in [0.3, 0.4) is 0 Å². The van der Waals surface area contributed by atoms with Gasteiger partial charge in [-0.1, -0.05) is 23.7 Å². The third-order valence-electron chi connectivity index (χ3n) is 2.07. The number of hydrogen-bond donors (Lipinski definition) is 1. The molecule has 0 aliphatic heterocycles. The average molecular weight is 236 g/mol. The second-order valence-electron chi connectivity index (χ2n) is 3.31. The summed E-state index contributed by atoms with van der Waals surface area (Å²) in [5.41, 5.74) is 0.440. The van der Waals surface area contributed by atoms with Gasteiger partial charge in [-0.15, -0.1) is 0 Å². The summed E-state index contributed by atoms with van der Waals surface area (Å²) in [6.07, 6.45) is 1.75. The summed E-state index contributed by atoms with van der Waals surface area (Å²) in [6, 6.07) is 8.60. The zero-order valence-electron chi connectivity index (χ0n) is 8.64. The molecule has 0 unspecified atom stereocenters. The number of halogens is 1. The predicted octanol–water partition coefficient (Wildman–Crippen LogP) is 2.33. The second-order valence-corrected chi connectivity index (χ2v) is 3.72. The molecule has 0 spiro atoms. The lowest BCUT2D eigenvalue weighted by atomic mass is 10.2. The van der Waals surface area contributed by atoms with Crippen LogP contribution in [0, 0.1) is 0 Å². The number of hydrogen-bond acceptors (Lipinski definition) is 2. The number of rotatable bonds is 2. The number of benzene rings is 1. The quantitative estimate of drug-likeness (QED) is 0.869. The normalized spacial score (nSPS) is 10.1. The van der Waals surface area contributed by atoms with Gasteiger partial charge in [0.05, 0.1) is 10.6 Å². The van der Waals surface area contributed by atoms with E-state index in [9.17, 15) is 4.79 Å². The molecule has 1 N–H and O–H groups in total. The third-order valence-corrected chi connectivity index (χ3v) is 2.40. The minimum atomic E-state index is -0.260. The summed E-state index contributed by atoms with van der Waals surface area (Å²) >= 11 is 5.90. The molecule has 1 aromatic heterocycles. The van der Waals surface area contributed by atoms with Gasteiger partial charge < -0.3 is 5.32 Å². The third kappa shape index (κ3) is 2.23. The van der Waals surface area contributed by atoms with Crippen molar-refractivity contribution >= 4 is 23.3 Å². The summed E-state index contributed by atoms with van der Waals surface area (Å²) in [4.78, 5) is 11.8. The number of nitrogens with one attached hydrogen (secondary N) is 1. The van der Waals surface area contributed by atoms with Gasteiger partial charge in [-0.3, -0.25) is 9.48 Å². The topological polar surface area (TPSA) is 46.9 Å². The molecule has 2 aromatic rings. The Balaban J connectivity index is 2.18. The summed E-state index contributed by atoms with van der Waals surface area (Å²) < 4.78 is 1.61. The molecule has 1 aromatic carbocycles. The van der Waals surface area contributed by atoms with Crippen molar-refractivity contribution in [2.45, 2.75) is 0 Å². The standard InChI is InChI=1S/C11H10ClN3O/c1-15-7-6-10(14-15)13-11(16)8-4-2-3-5-9(8)12/h2-7H,1H3,(H,13,14,16). The molecule has 2 rings (SSSR count). The highest BCUT2D eigenvalue weighted by Gasteiger charge is 2.10. The second kappa shape index (κ2) is 4.37. The van der Waals surface area contributed by atoms with Crippen molar-refractivity contribution in [3.8, 4) is 0 Å². The SMILES string of the molecule is Cn1ccc(NC(=O)c2ccccc2Cl)n1. The van der Waals surface area contributed by atoms with Gasteiger partial charge in [0.1, 0.15) is 0 Å². The predicted molar refractivity (Wildman–Crippen MR) is 62.6 cm³/mol. The van der Waals surface area contributed by atoms with E-state index in [1.807, 2.05) is 0 Å². The number of amides is 1. The molecule has 0 radical (unpaired) electrons. The molecule has 1 amide bonds. The summed E-state index contributed by atoms with van der Waals surface area (Å²) in [6.45, 7) is 0. The van der Waals surface area contributed by atoms with Crippen LogP contribution in [0.25, 0.3) is 0 Å². The molecule has 0 bridgehead atoms. The largest absolute Gasteiger partial charge is 0.305 e. The molecular formula is C11H10ClN3O. The van der Waals surface area contributed by atoms with Crippen LogP contribution in [0.4, 0.5) is 5.82 Å². The van der Waals surface area contributed by atoms with Crippen LogP contribution < -0.4 is 5.32 Å². The van der Waals surface area contributed by atoms with Gasteiger partial charge >= 0.3 is 0 Å². The van der Waals surface area contributed by atoms with E-state index in [0.29, 0.717) is 16.4 Å². The van der Waals surface area contributed by atoms with Crippen LogP contribution in [-0.4, -0.2) is 15.7 Å². The zero-order chi connectivity index (χ0) is 11.5. The monoisotopic (exact) mass is 235 g/mol. The van der Waals surface area contributed by atoms with E-state index >= 15 is 0 Å². The van der Waals surface area contributed by atoms with Gasteiger partial charge in [0.25, 0.3) is 5.91 Å². The highest BCUT2D eigenvalue weighted by atomic mass is 35.5. The first-order valence-corrected chi connectivity index (χ1v) is 5.10. The van der Waals surface area contributed by atoms with E-state index in [0.717, 1.165) is 0 Å². The average Bonchev–Trinajstić information content (AvgIpc) is 2.64. The molecule has 0 saturated heterocycles. The molecule has 16 heavy (non-hydrogen) atoms. The van der Waals surface area contributed by atoms with Crippen molar-refractivity contribution in [2.75, 3.05) is 5.32 Å². The maximum absolute atomic E-state index is 11.8. The van der Waals surface area contributed by atoms with Crippen LogP contribution in [0.2, 0.25) is 5.02 Å². The maximum Gasteiger partial charge on any atom is 0.258 e. The highest BCUT2D eigenvalue weighted by Crippen LogP contribution is 2.16. The fraction of sp³-hybridized carbons (Fsp3) is 0.0909. The minimum absolute atomic E-state index is 0.260. The molecule has 0 fully saturated rings. The lowest BCUT2D eigenvalue weighted by molar-refractivity contribution is 0.102. The Bertz CT molecular complexity index is 521. The molecule has 82 valence electrons. The van der Waals surface area contributed by atoms with Crippen LogP contribution in [-0.2, 0) is 7.05 Å². The molecule has 5 heteroatoms. The van der Waals surface area contributed by atoms with Gasteiger partial charge in [-0.25, -0.2) is 0 Å². The van der Waals surface area contributed by atoms with E-state index in [1.165, 1.54) is 0 Å². The lowest BCUT2D eigenvalue weighted by Gasteiger charge is -2.03. The first-order chi connectivity index (χ1) is 7.66. The molecule has 0 saturated carbocycles. The van der Waals surface area contributed by atoms with E-state index in [4.69, 9.17) is 11.6 Å². The van der Waals surface area contributed by atoms with E-state index < -0.39 is 0 Å². The minimum Gasteiger partial charge on any atom is -0.305 e. The van der Waals surface area contributed by atoms with Crippen LogP contribution in [0.5, 0.6) is 0 Å². The molecular weight excluding hydrogens is 226 g/mol. The zero-order valence-corrected chi connectivity index (χ0v) is 9.40. The molecule has 0 aliphatic rings. The van der Waals surface area contributed by atoms with Gasteiger partial charge in [0.15, 0.2) is 5.82 Å². The summed E-state index contributed by atoms with van der Waals surface area (Å²) in [7, 11) is 1.78. The van der Waals surface area contributed by atoms with Gasteiger partial charge in [0.2, 0.25) is 0 Å². The Kier molecular flexibility index (Phi) is 2.92.